The number of nitrogens with one attached hydrogen (secondary N) is 1. The fraction of sp³-hybridized carbons (Fsp3) is 0.722. The van der Waals surface area contributed by atoms with Gasteiger partial charge in [-0.2, -0.15) is 10.2 Å². The topological polar surface area (TPSA) is 65.9 Å². The molecule has 3 heterocycles. The van der Waals surface area contributed by atoms with Gasteiger partial charge in [0.2, 0.25) is 0 Å². The van der Waals surface area contributed by atoms with E-state index in [0.29, 0.717) is 17.9 Å². The van der Waals surface area contributed by atoms with Crippen LogP contribution in [0.5, 0.6) is 0 Å². The van der Waals surface area contributed by atoms with E-state index in [1.54, 1.807) is 0 Å². The van der Waals surface area contributed by atoms with Crippen LogP contribution in [0.1, 0.15) is 54.9 Å². The minimum absolute atomic E-state index is 0.446. The van der Waals surface area contributed by atoms with Crippen LogP contribution in [0.4, 0.5) is 0 Å². The molecule has 136 valence electrons. The van der Waals surface area contributed by atoms with Gasteiger partial charge in [0.05, 0.1) is 12.7 Å². The highest BCUT2D eigenvalue weighted by Crippen LogP contribution is 2.38. The van der Waals surface area contributed by atoms with Crippen LogP contribution < -0.4 is 0 Å². The minimum atomic E-state index is 0.446. The molecular formula is C18H29N7. The Labute approximate surface area is 149 Å². The number of nitrogens with zero attached hydrogens (tertiary/aromatic N) is 6. The lowest BCUT2D eigenvalue weighted by Gasteiger charge is -2.40. The van der Waals surface area contributed by atoms with Gasteiger partial charge < -0.3 is 0 Å². The Morgan fingerprint density at radius 3 is 2.84 bits per heavy atom. The highest BCUT2D eigenvalue weighted by atomic mass is 15.3. The van der Waals surface area contributed by atoms with E-state index >= 15 is 0 Å². The number of likely N-dealkylation sites (tertiary alicyclic amines) is 1. The van der Waals surface area contributed by atoms with E-state index in [1.807, 2.05) is 17.9 Å². The number of aromatic nitrogens is 5. The van der Waals surface area contributed by atoms with E-state index in [4.69, 9.17) is 0 Å². The zero-order valence-corrected chi connectivity index (χ0v) is 15.5. The average Bonchev–Trinajstić information content (AvgIpc) is 3.18. The summed E-state index contributed by atoms with van der Waals surface area (Å²) in [6.45, 7) is 3.05. The van der Waals surface area contributed by atoms with Crippen LogP contribution in [0.25, 0.3) is 0 Å². The van der Waals surface area contributed by atoms with Crippen LogP contribution in [0.3, 0.4) is 0 Å². The Morgan fingerprint density at radius 1 is 1.28 bits per heavy atom. The largest absolute Gasteiger partial charge is 0.299 e. The van der Waals surface area contributed by atoms with Crippen molar-refractivity contribution in [3.8, 4) is 0 Å². The van der Waals surface area contributed by atoms with Crippen molar-refractivity contribution in [1.82, 2.24) is 34.8 Å². The SMILES string of the molecule is CN(Cc1nc(C2CC2)n[nH]1)C[C@@H]1CCCN(C)[C@H]1c1cnn(C)c1. The molecule has 2 aliphatic rings. The molecule has 0 radical (unpaired) electrons. The summed E-state index contributed by atoms with van der Waals surface area (Å²) in [4.78, 5) is 9.53. The van der Waals surface area contributed by atoms with Crippen molar-refractivity contribution in [2.24, 2.45) is 13.0 Å². The fourth-order valence-electron chi connectivity index (χ4n) is 4.20. The Hall–Kier alpha value is -1.73. The molecule has 0 aromatic carbocycles. The molecule has 7 nitrogen and oxygen atoms in total. The van der Waals surface area contributed by atoms with Gasteiger partial charge >= 0.3 is 0 Å². The Bertz CT molecular complexity index is 702. The monoisotopic (exact) mass is 343 g/mol. The normalized spacial score (nSPS) is 25.0. The average molecular weight is 343 g/mol. The number of aromatic amines is 1. The molecule has 0 amide bonds. The number of H-pyrrole nitrogens is 1. The summed E-state index contributed by atoms with van der Waals surface area (Å²) in [6.07, 6.45) is 9.20. The van der Waals surface area contributed by atoms with E-state index in [1.165, 1.54) is 31.2 Å². The van der Waals surface area contributed by atoms with E-state index in [2.05, 4.69) is 50.4 Å². The Kier molecular flexibility index (Phi) is 4.60. The zero-order valence-electron chi connectivity index (χ0n) is 15.5. The first-order chi connectivity index (χ1) is 12.1. The van der Waals surface area contributed by atoms with Crippen molar-refractivity contribution in [2.75, 3.05) is 27.2 Å². The maximum Gasteiger partial charge on any atom is 0.153 e. The number of aryl methyl sites for hydroxylation is 1. The van der Waals surface area contributed by atoms with Gasteiger partial charge in [0.15, 0.2) is 5.82 Å². The molecule has 25 heavy (non-hydrogen) atoms. The molecule has 1 saturated carbocycles. The van der Waals surface area contributed by atoms with Crippen molar-refractivity contribution in [3.05, 3.63) is 29.6 Å². The van der Waals surface area contributed by atoms with E-state index in [0.717, 1.165) is 31.3 Å². The van der Waals surface area contributed by atoms with Crippen molar-refractivity contribution in [1.29, 1.82) is 0 Å². The smallest absolute Gasteiger partial charge is 0.153 e. The predicted octanol–water partition coefficient (Wildman–Crippen LogP) is 1.93. The second-order valence-electron chi connectivity index (χ2n) is 7.89. The maximum atomic E-state index is 4.67. The minimum Gasteiger partial charge on any atom is -0.299 e. The molecule has 4 rings (SSSR count). The van der Waals surface area contributed by atoms with Gasteiger partial charge in [0.1, 0.15) is 5.82 Å². The molecule has 2 atom stereocenters. The summed E-state index contributed by atoms with van der Waals surface area (Å²) in [5.41, 5.74) is 1.33. The number of piperidine rings is 1. The standard InChI is InChI=1S/C18H29N7/c1-23(12-16-20-18(22-21-16)13-6-7-13)10-14-5-4-8-24(2)17(14)15-9-19-25(3)11-15/h9,11,13-14,17H,4-8,10,12H2,1-3H3,(H,20,21,22)/t14-,17+/m0/s1. The molecule has 1 N–H and O–H groups in total. The number of hydrogen-bond acceptors (Lipinski definition) is 5. The zero-order chi connectivity index (χ0) is 17.4. The molecule has 2 aromatic heterocycles. The summed E-state index contributed by atoms with van der Waals surface area (Å²) >= 11 is 0. The van der Waals surface area contributed by atoms with Gasteiger partial charge in [-0.3, -0.25) is 19.6 Å². The van der Waals surface area contributed by atoms with Crippen molar-refractivity contribution < 1.29 is 0 Å². The molecule has 0 spiro atoms. The lowest BCUT2D eigenvalue weighted by molar-refractivity contribution is 0.0919. The first-order valence-corrected chi connectivity index (χ1v) is 9.38. The van der Waals surface area contributed by atoms with Crippen LogP contribution in [-0.4, -0.2) is 61.9 Å². The second kappa shape index (κ2) is 6.88. The van der Waals surface area contributed by atoms with Gasteiger partial charge in [0.25, 0.3) is 0 Å². The maximum absolute atomic E-state index is 4.67. The van der Waals surface area contributed by atoms with Crippen molar-refractivity contribution in [3.63, 3.8) is 0 Å². The summed E-state index contributed by atoms with van der Waals surface area (Å²) < 4.78 is 1.91. The first-order valence-electron chi connectivity index (χ1n) is 9.38. The molecule has 2 fully saturated rings. The summed E-state index contributed by atoms with van der Waals surface area (Å²) in [5.74, 6) is 3.22. The van der Waals surface area contributed by atoms with Gasteiger partial charge in [0, 0.05) is 37.3 Å². The Balaban J connectivity index is 1.41. The van der Waals surface area contributed by atoms with Crippen LogP contribution in [0.2, 0.25) is 0 Å². The third kappa shape index (κ3) is 3.77. The molecule has 2 aromatic rings. The fourth-order valence-corrected chi connectivity index (χ4v) is 4.20. The number of rotatable bonds is 6. The quantitative estimate of drug-likeness (QED) is 0.868. The van der Waals surface area contributed by atoms with Crippen LogP contribution >= 0.6 is 0 Å². The summed E-state index contributed by atoms with van der Waals surface area (Å²) in [5, 5.41) is 11.9. The highest BCUT2D eigenvalue weighted by molar-refractivity contribution is 5.13. The third-order valence-electron chi connectivity index (χ3n) is 5.53. The molecule has 1 aliphatic heterocycles. The molecule has 1 aliphatic carbocycles. The van der Waals surface area contributed by atoms with Gasteiger partial charge in [-0.25, -0.2) is 4.98 Å². The van der Waals surface area contributed by atoms with Gasteiger partial charge in [-0.1, -0.05) is 0 Å². The van der Waals surface area contributed by atoms with E-state index < -0.39 is 0 Å². The van der Waals surface area contributed by atoms with Crippen molar-refractivity contribution in [2.45, 2.75) is 44.2 Å². The molecule has 0 unspecified atom stereocenters. The summed E-state index contributed by atoms with van der Waals surface area (Å²) in [7, 11) is 6.42. The molecule has 1 saturated heterocycles. The lowest BCUT2D eigenvalue weighted by Crippen LogP contribution is -2.40. The second-order valence-corrected chi connectivity index (χ2v) is 7.89. The van der Waals surface area contributed by atoms with Crippen molar-refractivity contribution >= 4 is 0 Å². The predicted molar refractivity (Wildman–Crippen MR) is 96.0 cm³/mol. The third-order valence-corrected chi connectivity index (χ3v) is 5.53. The molecule has 7 heteroatoms. The van der Waals surface area contributed by atoms with Crippen LogP contribution in [0.15, 0.2) is 12.4 Å². The van der Waals surface area contributed by atoms with Gasteiger partial charge in [-0.05, 0) is 52.2 Å². The van der Waals surface area contributed by atoms with Gasteiger partial charge in [-0.15, -0.1) is 0 Å². The molecule has 0 bridgehead atoms. The van der Waals surface area contributed by atoms with E-state index in [-0.39, 0.29) is 0 Å². The van der Waals surface area contributed by atoms with Crippen LogP contribution in [0, 0.1) is 5.92 Å². The van der Waals surface area contributed by atoms with Crippen LogP contribution in [-0.2, 0) is 13.6 Å². The number of hydrogen-bond donors (Lipinski definition) is 1. The first kappa shape index (κ1) is 16.7. The van der Waals surface area contributed by atoms with E-state index in [9.17, 15) is 0 Å². The Morgan fingerprint density at radius 2 is 2.12 bits per heavy atom. The lowest BCUT2D eigenvalue weighted by atomic mass is 9.86. The highest BCUT2D eigenvalue weighted by Gasteiger charge is 2.32. The molecular weight excluding hydrogens is 314 g/mol. The summed E-state index contributed by atoms with van der Waals surface area (Å²) in [6, 6.07) is 0.446.